The summed E-state index contributed by atoms with van der Waals surface area (Å²) in [6.07, 6.45) is 1.39. The molecule has 0 spiro atoms. The summed E-state index contributed by atoms with van der Waals surface area (Å²) in [4.78, 5) is 10.9. The molecule has 0 amide bonds. The number of allylic oxidation sites excluding steroid dienone is 2. The number of carbonyl (C=O) groups is 1. The molecule has 56 valence electrons. The SMILES string of the molecule is CC1CCC(=O)C(N)=C1N. The van der Waals surface area contributed by atoms with Gasteiger partial charge in [-0.3, -0.25) is 4.79 Å². The first-order valence-corrected chi connectivity index (χ1v) is 3.41. The summed E-state index contributed by atoms with van der Waals surface area (Å²) in [7, 11) is 0. The number of carbonyl (C=O) groups excluding carboxylic acids is 1. The number of hydrogen-bond donors (Lipinski definition) is 2. The van der Waals surface area contributed by atoms with Crippen molar-refractivity contribution in [1.82, 2.24) is 0 Å². The first kappa shape index (κ1) is 7.12. The largest absolute Gasteiger partial charge is 0.400 e. The highest BCUT2D eigenvalue weighted by Gasteiger charge is 2.20. The Hall–Kier alpha value is -0.990. The van der Waals surface area contributed by atoms with E-state index in [2.05, 4.69) is 0 Å². The van der Waals surface area contributed by atoms with E-state index in [1.54, 1.807) is 0 Å². The van der Waals surface area contributed by atoms with Gasteiger partial charge in [-0.15, -0.1) is 0 Å². The summed E-state index contributed by atoms with van der Waals surface area (Å²) in [5.74, 6) is 0.272. The Morgan fingerprint density at radius 3 is 2.60 bits per heavy atom. The summed E-state index contributed by atoms with van der Waals surface area (Å²) in [6, 6.07) is 0. The van der Waals surface area contributed by atoms with Crippen LogP contribution in [0, 0.1) is 5.92 Å². The molecule has 0 aromatic rings. The van der Waals surface area contributed by atoms with Crippen molar-refractivity contribution < 1.29 is 4.79 Å². The minimum absolute atomic E-state index is 0.00407. The molecule has 4 N–H and O–H groups in total. The van der Waals surface area contributed by atoms with Crippen LogP contribution in [0.1, 0.15) is 19.8 Å². The standard InChI is InChI=1S/C7H12N2O/c1-4-2-3-5(10)7(9)6(4)8/h4H,2-3,8-9H2,1H3. The van der Waals surface area contributed by atoms with Crippen molar-refractivity contribution in [2.45, 2.75) is 19.8 Å². The molecule has 0 aromatic heterocycles. The molecule has 0 heterocycles. The molecule has 0 aliphatic heterocycles. The van der Waals surface area contributed by atoms with Gasteiger partial charge in [0.15, 0.2) is 5.78 Å². The number of rotatable bonds is 0. The van der Waals surface area contributed by atoms with Crippen LogP contribution in [0.5, 0.6) is 0 Å². The molecule has 1 aliphatic carbocycles. The van der Waals surface area contributed by atoms with Crippen molar-refractivity contribution in [3.63, 3.8) is 0 Å². The monoisotopic (exact) mass is 140 g/mol. The van der Waals surface area contributed by atoms with Crippen LogP contribution in [-0.2, 0) is 4.79 Å². The molecule has 0 radical (unpaired) electrons. The molecular weight excluding hydrogens is 128 g/mol. The number of hydrogen-bond acceptors (Lipinski definition) is 3. The fourth-order valence-electron chi connectivity index (χ4n) is 1.06. The number of ketones is 1. The first-order chi connectivity index (χ1) is 4.63. The van der Waals surface area contributed by atoms with E-state index in [0.29, 0.717) is 12.1 Å². The minimum Gasteiger partial charge on any atom is -0.400 e. The molecule has 3 heteroatoms. The predicted octanol–water partition coefficient (Wildman–Crippen LogP) is 0.114. The lowest BCUT2D eigenvalue weighted by Gasteiger charge is -2.18. The van der Waals surface area contributed by atoms with Crippen molar-refractivity contribution >= 4 is 5.78 Å². The van der Waals surface area contributed by atoms with Crippen LogP contribution in [0.2, 0.25) is 0 Å². The Labute approximate surface area is 60.1 Å². The fourth-order valence-corrected chi connectivity index (χ4v) is 1.06. The number of Topliss-reactive ketones (excluding diaryl/α,β-unsaturated/α-hetero) is 1. The highest BCUT2D eigenvalue weighted by molar-refractivity contribution is 5.95. The van der Waals surface area contributed by atoms with Gasteiger partial charge >= 0.3 is 0 Å². The fraction of sp³-hybridized carbons (Fsp3) is 0.571. The van der Waals surface area contributed by atoms with Crippen molar-refractivity contribution in [3.05, 3.63) is 11.4 Å². The lowest BCUT2D eigenvalue weighted by atomic mass is 9.91. The van der Waals surface area contributed by atoms with Crippen LogP contribution in [0.25, 0.3) is 0 Å². The second-order valence-electron chi connectivity index (χ2n) is 2.73. The lowest BCUT2D eigenvalue weighted by molar-refractivity contribution is -0.116. The highest BCUT2D eigenvalue weighted by atomic mass is 16.1. The molecular formula is C7H12N2O. The molecule has 0 saturated carbocycles. The Balaban J connectivity index is 2.92. The van der Waals surface area contributed by atoms with Crippen molar-refractivity contribution in [2.24, 2.45) is 17.4 Å². The van der Waals surface area contributed by atoms with Gasteiger partial charge in [-0.1, -0.05) is 6.92 Å². The highest BCUT2D eigenvalue weighted by Crippen LogP contribution is 2.20. The normalized spacial score (nSPS) is 27.3. The third-order valence-electron chi connectivity index (χ3n) is 1.95. The van der Waals surface area contributed by atoms with Crippen LogP contribution >= 0.6 is 0 Å². The Morgan fingerprint density at radius 2 is 2.10 bits per heavy atom. The van der Waals surface area contributed by atoms with Gasteiger partial charge in [0.1, 0.15) is 0 Å². The van der Waals surface area contributed by atoms with E-state index in [9.17, 15) is 4.79 Å². The van der Waals surface area contributed by atoms with E-state index in [1.807, 2.05) is 6.92 Å². The molecule has 3 nitrogen and oxygen atoms in total. The quantitative estimate of drug-likeness (QED) is 0.502. The van der Waals surface area contributed by atoms with Gasteiger partial charge in [-0.2, -0.15) is 0 Å². The molecule has 1 rings (SSSR count). The van der Waals surface area contributed by atoms with Gasteiger partial charge in [-0.25, -0.2) is 0 Å². The molecule has 0 saturated heterocycles. The van der Waals surface area contributed by atoms with Crippen molar-refractivity contribution in [1.29, 1.82) is 0 Å². The Bertz CT molecular complexity index is 196. The third kappa shape index (κ3) is 0.988. The summed E-state index contributed by atoms with van der Waals surface area (Å²) < 4.78 is 0. The maximum Gasteiger partial charge on any atom is 0.180 e. The smallest absolute Gasteiger partial charge is 0.180 e. The lowest BCUT2D eigenvalue weighted by Crippen LogP contribution is -2.27. The molecule has 0 aromatic carbocycles. The van der Waals surface area contributed by atoms with Gasteiger partial charge < -0.3 is 11.5 Å². The van der Waals surface area contributed by atoms with Gasteiger partial charge in [0.25, 0.3) is 0 Å². The zero-order chi connectivity index (χ0) is 7.72. The maximum absolute atomic E-state index is 10.9. The molecule has 0 fully saturated rings. The number of nitrogens with two attached hydrogens (primary N) is 2. The maximum atomic E-state index is 10.9. The van der Waals surface area contributed by atoms with E-state index in [4.69, 9.17) is 11.5 Å². The van der Waals surface area contributed by atoms with E-state index >= 15 is 0 Å². The van der Waals surface area contributed by atoms with E-state index in [0.717, 1.165) is 6.42 Å². The summed E-state index contributed by atoms with van der Waals surface area (Å²) in [5, 5.41) is 0. The minimum atomic E-state index is -0.00407. The van der Waals surface area contributed by atoms with Gasteiger partial charge in [0, 0.05) is 12.1 Å². The Morgan fingerprint density at radius 1 is 1.50 bits per heavy atom. The average molecular weight is 140 g/mol. The zero-order valence-corrected chi connectivity index (χ0v) is 6.05. The summed E-state index contributed by atoms with van der Waals surface area (Å²) in [6.45, 7) is 1.98. The van der Waals surface area contributed by atoms with Gasteiger partial charge in [-0.05, 0) is 12.3 Å². The second kappa shape index (κ2) is 2.33. The first-order valence-electron chi connectivity index (χ1n) is 3.41. The molecule has 10 heavy (non-hydrogen) atoms. The van der Waals surface area contributed by atoms with Crippen LogP contribution in [0.4, 0.5) is 0 Å². The Kier molecular flexibility index (Phi) is 1.66. The zero-order valence-electron chi connectivity index (χ0n) is 6.05. The van der Waals surface area contributed by atoms with Crippen molar-refractivity contribution in [2.75, 3.05) is 0 Å². The van der Waals surface area contributed by atoms with Crippen LogP contribution in [0.15, 0.2) is 11.4 Å². The molecule has 1 aliphatic rings. The van der Waals surface area contributed by atoms with Gasteiger partial charge in [0.2, 0.25) is 0 Å². The van der Waals surface area contributed by atoms with E-state index in [1.165, 1.54) is 0 Å². The van der Waals surface area contributed by atoms with E-state index in [-0.39, 0.29) is 17.4 Å². The molecule has 0 bridgehead atoms. The molecule has 1 atom stereocenters. The summed E-state index contributed by atoms with van der Waals surface area (Å²) in [5.41, 5.74) is 11.8. The van der Waals surface area contributed by atoms with Crippen LogP contribution in [-0.4, -0.2) is 5.78 Å². The van der Waals surface area contributed by atoms with Crippen molar-refractivity contribution in [3.8, 4) is 0 Å². The third-order valence-corrected chi connectivity index (χ3v) is 1.95. The molecule has 1 unspecified atom stereocenters. The average Bonchev–Trinajstić information content (AvgIpc) is 1.93. The van der Waals surface area contributed by atoms with E-state index < -0.39 is 0 Å². The van der Waals surface area contributed by atoms with Gasteiger partial charge in [0.05, 0.1) is 5.70 Å². The van der Waals surface area contributed by atoms with Crippen LogP contribution < -0.4 is 11.5 Å². The predicted molar refractivity (Wildman–Crippen MR) is 38.8 cm³/mol. The topological polar surface area (TPSA) is 69.1 Å². The summed E-state index contributed by atoms with van der Waals surface area (Å²) >= 11 is 0. The van der Waals surface area contributed by atoms with Crippen LogP contribution in [0.3, 0.4) is 0 Å². The second-order valence-corrected chi connectivity index (χ2v) is 2.73.